The number of rotatable bonds is 5. The van der Waals surface area contributed by atoms with Crippen molar-refractivity contribution in [1.29, 1.82) is 0 Å². The van der Waals surface area contributed by atoms with Gasteiger partial charge >= 0.3 is 0 Å². The maximum Gasteiger partial charge on any atom is 0.240 e. The van der Waals surface area contributed by atoms with Gasteiger partial charge in [0.2, 0.25) is 15.9 Å². The molecule has 7 heteroatoms. The van der Waals surface area contributed by atoms with Gasteiger partial charge in [-0.2, -0.15) is 0 Å². The number of nitrogens with zero attached hydrogens (tertiary/aromatic N) is 1. The van der Waals surface area contributed by atoms with Crippen LogP contribution in [0.2, 0.25) is 0 Å². The smallest absolute Gasteiger partial charge is 0.240 e. The number of carbonyl (C=O) groups excluding carboxylic acids is 1. The summed E-state index contributed by atoms with van der Waals surface area (Å²) in [6, 6.07) is 5.00. The quantitative estimate of drug-likeness (QED) is 0.776. The summed E-state index contributed by atoms with van der Waals surface area (Å²) in [5.41, 5.74) is 1.73. The van der Waals surface area contributed by atoms with Crippen molar-refractivity contribution in [3.63, 3.8) is 0 Å². The van der Waals surface area contributed by atoms with Crippen LogP contribution >= 0.6 is 0 Å². The molecule has 1 heterocycles. The second-order valence-corrected chi connectivity index (χ2v) is 6.83. The van der Waals surface area contributed by atoms with Crippen LogP contribution in [0.1, 0.15) is 18.9 Å². The minimum absolute atomic E-state index is 0.0614. The fourth-order valence-corrected chi connectivity index (χ4v) is 3.49. The number of amides is 1. The van der Waals surface area contributed by atoms with Gasteiger partial charge in [-0.05, 0) is 37.6 Å². The van der Waals surface area contributed by atoms with E-state index in [2.05, 4.69) is 10.0 Å². The zero-order valence-corrected chi connectivity index (χ0v) is 13.2. The standard InChI is InChI=1S/C14H21N3O3S/c1-11(18)17-9-3-4-12-5-6-13(10-14(12)17)21(19,20)16-8-7-15-2/h5-6,10,15-16H,3-4,7-9H2,1-2H3. The van der Waals surface area contributed by atoms with Crippen molar-refractivity contribution in [2.75, 3.05) is 31.6 Å². The lowest BCUT2D eigenvalue weighted by atomic mass is 10.0. The number of aryl methyl sites for hydroxylation is 1. The lowest BCUT2D eigenvalue weighted by molar-refractivity contribution is -0.116. The number of sulfonamides is 1. The van der Waals surface area contributed by atoms with E-state index in [0.29, 0.717) is 25.3 Å². The van der Waals surface area contributed by atoms with Gasteiger partial charge in [-0.1, -0.05) is 6.07 Å². The van der Waals surface area contributed by atoms with Crippen LogP contribution in [0, 0.1) is 0 Å². The Morgan fingerprint density at radius 2 is 2.10 bits per heavy atom. The molecule has 0 spiro atoms. The van der Waals surface area contributed by atoms with Crippen molar-refractivity contribution < 1.29 is 13.2 Å². The third kappa shape index (κ3) is 3.61. The largest absolute Gasteiger partial charge is 0.318 e. The highest BCUT2D eigenvalue weighted by Gasteiger charge is 2.23. The van der Waals surface area contributed by atoms with Crippen LogP contribution in [0.25, 0.3) is 0 Å². The average Bonchev–Trinajstić information content (AvgIpc) is 2.46. The Hall–Kier alpha value is -1.44. The molecule has 0 saturated carbocycles. The lowest BCUT2D eigenvalue weighted by Crippen LogP contribution is -2.34. The van der Waals surface area contributed by atoms with Gasteiger partial charge in [-0.25, -0.2) is 13.1 Å². The van der Waals surface area contributed by atoms with Crippen molar-refractivity contribution >= 4 is 21.6 Å². The summed E-state index contributed by atoms with van der Waals surface area (Å²) in [5, 5.41) is 2.88. The monoisotopic (exact) mass is 311 g/mol. The number of carbonyl (C=O) groups is 1. The van der Waals surface area contributed by atoms with E-state index < -0.39 is 10.0 Å². The van der Waals surface area contributed by atoms with Gasteiger partial charge in [0.05, 0.1) is 4.90 Å². The number of fused-ring (bicyclic) bond motifs is 1. The van der Waals surface area contributed by atoms with E-state index in [1.807, 2.05) is 0 Å². The van der Waals surface area contributed by atoms with Crippen molar-refractivity contribution in [2.24, 2.45) is 0 Å². The van der Waals surface area contributed by atoms with Crippen LogP contribution in [0.3, 0.4) is 0 Å². The highest BCUT2D eigenvalue weighted by molar-refractivity contribution is 7.89. The van der Waals surface area contributed by atoms with Crippen LogP contribution < -0.4 is 14.9 Å². The van der Waals surface area contributed by atoms with Crippen molar-refractivity contribution in [3.8, 4) is 0 Å². The molecule has 2 N–H and O–H groups in total. The molecule has 0 bridgehead atoms. The second kappa shape index (κ2) is 6.55. The molecule has 0 atom stereocenters. The SMILES string of the molecule is CNCCNS(=O)(=O)c1ccc2c(c1)N(C(C)=O)CCC2. The molecule has 0 saturated heterocycles. The second-order valence-electron chi connectivity index (χ2n) is 5.07. The van der Waals surface area contributed by atoms with Crippen LogP contribution in [0.5, 0.6) is 0 Å². The van der Waals surface area contributed by atoms with Gasteiger partial charge in [0, 0.05) is 32.2 Å². The molecule has 116 valence electrons. The Kier molecular flexibility index (Phi) is 4.97. The molecule has 1 aromatic carbocycles. The zero-order chi connectivity index (χ0) is 15.5. The van der Waals surface area contributed by atoms with Gasteiger partial charge in [0.15, 0.2) is 0 Å². The number of anilines is 1. The first-order chi connectivity index (χ1) is 9.95. The minimum Gasteiger partial charge on any atom is -0.318 e. The third-order valence-electron chi connectivity index (χ3n) is 3.53. The predicted octanol–water partition coefficient (Wildman–Crippen LogP) is 0.483. The van der Waals surface area contributed by atoms with Crippen molar-refractivity contribution in [1.82, 2.24) is 10.0 Å². The Morgan fingerprint density at radius 3 is 2.76 bits per heavy atom. The molecule has 0 radical (unpaired) electrons. The molecule has 0 aliphatic carbocycles. The van der Waals surface area contributed by atoms with Gasteiger partial charge in [0.1, 0.15) is 0 Å². The maximum absolute atomic E-state index is 12.2. The predicted molar refractivity (Wildman–Crippen MR) is 81.9 cm³/mol. The summed E-state index contributed by atoms with van der Waals surface area (Å²) in [5.74, 6) is -0.0614. The highest BCUT2D eigenvalue weighted by atomic mass is 32.2. The molecule has 1 aliphatic rings. The Balaban J connectivity index is 2.31. The maximum atomic E-state index is 12.2. The van der Waals surface area contributed by atoms with Gasteiger partial charge in [-0.3, -0.25) is 4.79 Å². The van der Waals surface area contributed by atoms with Crippen LogP contribution in [0.15, 0.2) is 23.1 Å². The van der Waals surface area contributed by atoms with E-state index in [-0.39, 0.29) is 10.8 Å². The Bertz CT molecular complexity index is 628. The summed E-state index contributed by atoms with van der Waals surface area (Å²) in [4.78, 5) is 13.5. The molecule has 1 aromatic rings. The molecular formula is C14H21N3O3S. The summed E-state index contributed by atoms with van der Waals surface area (Å²) in [7, 11) is -1.78. The zero-order valence-electron chi connectivity index (χ0n) is 12.3. The van der Waals surface area contributed by atoms with E-state index in [1.54, 1.807) is 30.1 Å². The molecule has 1 aliphatic heterocycles. The summed E-state index contributed by atoms with van der Waals surface area (Å²) in [6.07, 6.45) is 1.77. The van der Waals surface area contributed by atoms with Crippen LogP contribution in [0.4, 0.5) is 5.69 Å². The number of hydrogen-bond acceptors (Lipinski definition) is 4. The van der Waals surface area contributed by atoms with Crippen molar-refractivity contribution in [3.05, 3.63) is 23.8 Å². The number of benzene rings is 1. The molecular weight excluding hydrogens is 290 g/mol. The van der Waals surface area contributed by atoms with Gasteiger partial charge in [0.25, 0.3) is 0 Å². The number of hydrogen-bond donors (Lipinski definition) is 2. The van der Waals surface area contributed by atoms with Crippen LogP contribution in [-0.4, -0.2) is 41.0 Å². The molecule has 21 heavy (non-hydrogen) atoms. The first-order valence-corrected chi connectivity index (χ1v) is 8.49. The Labute approximate surface area is 125 Å². The normalized spacial score (nSPS) is 14.9. The van der Waals surface area contributed by atoms with Gasteiger partial charge in [-0.15, -0.1) is 0 Å². The topological polar surface area (TPSA) is 78.5 Å². The van der Waals surface area contributed by atoms with E-state index >= 15 is 0 Å². The van der Waals surface area contributed by atoms with E-state index in [0.717, 1.165) is 18.4 Å². The molecule has 1 amide bonds. The first-order valence-electron chi connectivity index (χ1n) is 7.01. The highest BCUT2D eigenvalue weighted by Crippen LogP contribution is 2.29. The third-order valence-corrected chi connectivity index (χ3v) is 4.99. The first kappa shape index (κ1) is 15.9. The molecule has 0 fully saturated rings. The lowest BCUT2D eigenvalue weighted by Gasteiger charge is -2.29. The van der Waals surface area contributed by atoms with Crippen LogP contribution in [-0.2, 0) is 21.2 Å². The minimum atomic E-state index is -3.54. The molecule has 0 aromatic heterocycles. The summed E-state index contributed by atoms with van der Waals surface area (Å²) < 4.78 is 27.0. The molecule has 6 nitrogen and oxygen atoms in total. The molecule has 0 unspecified atom stereocenters. The molecule has 2 rings (SSSR count). The van der Waals surface area contributed by atoms with Crippen molar-refractivity contribution in [2.45, 2.75) is 24.7 Å². The number of likely N-dealkylation sites (N-methyl/N-ethyl adjacent to an activating group) is 1. The average molecular weight is 311 g/mol. The summed E-state index contributed by atoms with van der Waals surface area (Å²) >= 11 is 0. The fraction of sp³-hybridized carbons (Fsp3) is 0.500. The van der Waals surface area contributed by atoms with E-state index in [4.69, 9.17) is 0 Å². The summed E-state index contributed by atoms with van der Waals surface area (Å²) in [6.45, 7) is 3.02. The van der Waals surface area contributed by atoms with E-state index in [9.17, 15) is 13.2 Å². The Morgan fingerprint density at radius 1 is 1.33 bits per heavy atom. The van der Waals surface area contributed by atoms with Gasteiger partial charge < -0.3 is 10.2 Å². The van der Waals surface area contributed by atoms with E-state index in [1.165, 1.54) is 6.92 Å². The fourth-order valence-electron chi connectivity index (χ4n) is 2.44. The number of nitrogens with one attached hydrogen (secondary N) is 2.